The van der Waals surface area contributed by atoms with Crippen LogP contribution in [0.15, 0.2) is 0 Å². The Hall–Kier alpha value is -0.120. The normalized spacial score (nSPS) is 29.6. The zero-order valence-electron chi connectivity index (χ0n) is 11.3. The van der Waals surface area contributed by atoms with Crippen molar-refractivity contribution in [2.75, 3.05) is 19.7 Å². The second-order valence-corrected chi connectivity index (χ2v) is 6.12. The smallest absolute Gasteiger partial charge is 0.0779 e. The molecule has 3 heteroatoms. The van der Waals surface area contributed by atoms with E-state index in [4.69, 9.17) is 10.5 Å². The van der Waals surface area contributed by atoms with E-state index in [0.29, 0.717) is 12.5 Å². The molecule has 0 radical (unpaired) electrons. The van der Waals surface area contributed by atoms with E-state index in [0.717, 1.165) is 26.0 Å². The highest BCUT2D eigenvalue weighted by molar-refractivity contribution is 4.90. The van der Waals surface area contributed by atoms with Gasteiger partial charge in [0.2, 0.25) is 0 Å². The van der Waals surface area contributed by atoms with Gasteiger partial charge in [-0.05, 0) is 39.0 Å². The Morgan fingerprint density at radius 1 is 1.50 bits per heavy atom. The van der Waals surface area contributed by atoms with Crippen molar-refractivity contribution in [1.82, 2.24) is 5.32 Å². The van der Waals surface area contributed by atoms with Gasteiger partial charge in [-0.2, -0.15) is 0 Å². The first-order chi connectivity index (χ1) is 7.39. The van der Waals surface area contributed by atoms with Gasteiger partial charge in [-0.3, -0.25) is 0 Å². The molecular weight excluding hydrogens is 200 g/mol. The van der Waals surface area contributed by atoms with E-state index < -0.39 is 0 Å². The fourth-order valence-corrected chi connectivity index (χ4v) is 2.51. The fraction of sp³-hybridized carbons (Fsp3) is 1.00. The molecule has 1 rings (SSSR count). The van der Waals surface area contributed by atoms with E-state index in [2.05, 4.69) is 33.0 Å². The number of hydrogen-bond acceptors (Lipinski definition) is 3. The van der Waals surface area contributed by atoms with Crippen LogP contribution in [0.25, 0.3) is 0 Å². The molecule has 16 heavy (non-hydrogen) atoms. The molecule has 1 fully saturated rings. The average Bonchev–Trinajstić information content (AvgIpc) is 2.62. The standard InChI is InChI=1S/C13H28N2O/c1-11(2)8-12(3,9-14)15-10-13(4)6-5-7-16-13/h11,15H,5-10,14H2,1-4H3. The van der Waals surface area contributed by atoms with E-state index in [1.54, 1.807) is 0 Å². The van der Waals surface area contributed by atoms with Crippen molar-refractivity contribution in [3.8, 4) is 0 Å². The molecule has 3 nitrogen and oxygen atoms in total. The van der Waals surface area contributed by atoms with Gasteiger partial charge in [0.25, 0.3) is 0 Å². The summed E-state index contributed by atoms with van der Waals surface area (Å²) in [5, 5.41) is 3.61. The van der Waals surface area contributed by atoms with E-state index >= 15 is 0 Å². The summed E-state index contributed by atoms with van der Waals surface area (Å²) < 4.78 is 5.78. The third-order valence-corrected chi connectivity index (χ3v) is 3.50. The first kappa shape index (κ1) is 13.9. The minimum atomic E-state index is 0.0212. The number of nitrogens with one attached hydrogen (secondary N) is 1. The Bertz CT molecular complexity index is 212. The Labute approximate surface area is 100 Å². The molecule has 1 aliphatic heterocycles. The minimum absolute atomic E-state index is 0.0212. The summed E-state index contributed by atoms with van der Waals surface area (Å²) in [7, 11) is 0. The van der Waals surface area contributed by atoms with Crippen LogP contribution in [0, 0.1) is 5.92 Å². The summed E-state index contributed by atoms with van der Waals surface area (Å²) in [5.74, 6) is 0.665. The van der Waals surface area contributed by atoms with Crippen molar-refractivity contribution < 1.29 is 4.74 Å². The molecule has 1 heterocycles. The minimum Gasteiger partial charge on any atom is -0.374 e. The van der Waals surface area contributed by atoms with Crippen molar-refractivity contribution >= 4 is 0 Å². The maximum absolute atomic E-state index is 5.88. The number of rotatable bonds is 6. The first-order valence-corrected chi connectivity index (χ1v) is 6.48. The van der Waals surface area contributed by atoms with Crippen molar-refractivity contribution in [3.63, 3.8) is 0 Å². The van der Waals surface area contributed by atoms with Gasteiger partial charge in [0.15, 0.2) is 0 Å². The zero-order chi connectivity index (χ0) is 12.2. The Kier molecular flexibility index (Phi) is 4.77. The van der Waals surface area contributed by atoms with E-state index in [1.165, 1.54) is 6.42 Å². The summed E-state index contributed by atoms with van der Waals surface area (Å²) >= 11 is 0. The van der Waals surface area contributed by atoms with Gasteiger partial charge in [0.1, 0.15) is 0 Å². The zero-order valence-corrected chi connectivity index (χ0v) is 11.3. The topological polar surface area (TPSA) is 47.3 Å². The fourth-order valence-electron chi connectivity index (χ4n) is 2.51. The van der Waals surface area contributed by atoms with Gasteiger partial charge < -0.3 is 15.8 Å². The summed E-state index contributed by atoms with van der Waals surface area (Å²) in [5.41, 5.74) is 5.95. The largest absolute Gasteiger partial charge is 0.374 e. The second kappa shape index (κ2) is 5.48. The summed E-state index contributed by atoms with van der Waals surface area (Å²) in [6.07, 6.45) is 3.45. The van der Waals surface area contributed by atoms with Gasteiger partial charge in [-0.1, -0.05) is 13.8 Å². The summed E-state index contributed by atoms with van der Waals surface area (Å²) in [4.78, 5) is 0. The number of ether oxygens (including phenoxy) is 1. The lowest BCUT2D eigenvalue weighted by atomic mass is 9.89. The lowest BCUT2D eigenvalue weighted by Crippen LogP contribution is -2.54. The lowest BCUT2D eigenvalue weighted by Gasteiger charge is -2.35. The first-order valence-electron chi connectivity index (χ1n) is 6.48. The van der Waals surface area contributed by atoms with E-state index in [9.17, 15) is 0 Å². The molecule has 0 bridgehead atoms. The van der Waals surface area contributed by atoms with Gasteiger partial charge in [0.05, 0.1) is 5.60 Å². The predicted octanol–water partition coefficient (Wildman–Crippen LogP) is 1.91. The molecule has 0 amide bonds. The molecule has 1 saturated heterocycles. The van der Waals surface area contributed by atoms with E-state index in [1.807, 2.05) is 0 Å². The lowest BCUT2D eigenvalue weighted by molar-refractivity contribution is 0.0141. The second-order valence-electron chi connectivity index (χ2n) is 6.12. The summed E-state index contributed by atoms with van der Waals surface area (Å²) in [6, 6.07) is 0. The Morgan fingerprint density at radius 2 is 2.19 bits per heavy atom. The number of nitrogens with two attached hydrogens (primary N) is 1. The Balaban J connectivity index is 2.43. The molecule has 0 saturated carbocycles. The Morgan fingerprint density at radius 3 is 2.62 bits per heavy atom. The molecule has 0 aromatic rings. The molecule has 96 valence electrons. The summed E-state index contributed by atoms with van der Waals surface area (Å²) in [6.45, 7) is 11.4. The molecule has 2 atom stereocenters. The maximum atomic E-state index is 5.88. The van der Waals surface area contributed by atoms with Crippen molar-refractivity contribution in [3.05, 3.63) is 0 Å². The van der Waals surface area contributed by atoms with Crippen molar-refractivity contribution in [2.45, 2.75) is 58.1 Å². The highest BCUT2D eigenvalue weighted by atomic mass is 16.5. The van der Waals surface area contributed by atoms with Crippen LogP contribution in [0.4, 0.5) is 0 Å². The van der Waals surface area contributed by atoms with Crippen LogP contribution in [0.5, 0.6) is 0 Å². The van der Waals surface area contributed by atoms with Gasteiger partial charge >= 0.3 is 0 Å². The van der Waals surface area contributed by atoms with Crippen LogP contribution in [-0.2, 0) is 4.74 Å². The van der Waals surface area contributed by atoms with Crippen LogP contribution < -0.4 is 11.1 Å². The molecule has 3 N–H and O–H groups in total. The van der Waals surface area contributed by atoms with Gasteiger partial charge in [-0.25, -0.2) is 0 Å². The molecule has 2 unspecified atom stereocenters. The molecule has 0 aromatic carbocycles. The van der Waals surface area contributed by atoms with Crippen molar-refractivity contribution in [2.24, 2.45) is 11.7 Å². The maximum Gasteiger partial charge on any atom is 0.0779 e. The van der Waals surface area contributed by atoms with Crippen molar-refractivity contribution in [1.29, 1.82) is 0 Å². The molecule has 0 aromatic heterocycles. The highest BCUT2D eigenvalue weighted by Gasteiger charge is 2.32. The molecular formula is C13H28N2O. The molecule has 0 aliphatic carbocycles. The van der Waals surface area contributed by atoms with Crippen LogP contribution in [-0.4, -0.2) is 30.8 Å². The van der Waals surface area contributed by atoms with Crippen LogP contribution in [0.1, 0.15) is 47.0 Å². The third kappa shape index (κ3) is 4.04. The quantitative estimate of drug-likeness (QED) is 0.730. The van der Waals surface area contributed by atoms with E-state index in [-0.39, 0.29) is 11.1 Å². The third-order valence-electron chi connectivity index (χ3n) is 3.50. The molecule has 0 spiro atoms. The van der Waals surface area contributed by atoms with Crippen LogP contribution in [0.2, 0.25) is 0 Å². The number of hydrogen-bond donors (Lipinski definition) is 2. The highest BCUT2D eigenvalue weighted by Crippen LogP contribution is 2.25. The van der Waals surface area contributed by atoms with Gasteiger partial charge in [0, 0.05) is 25.2 Å². The molecule has 1 aliphatic rings. The van der Waals surface area contributed by atoms with Crippen LogP contribution in [0.3, 0.4) is 0 Å². The van der Waals surface area contributed by atoms with Gasteiger partial charge in [-0.15, -0.1) is 0 Å². The van der Waals surface area contributed by atoms with Crippen LogP contribution >= 0.6 is 0 Å². The monoisotopic (exact) mass is 228 g/mol. The predicted molar refractivity (Wildman–Crippen MR) is 68.5 cm³/mol. The SMILES string of the molecule is CC(C)CC(C)(CN)NCC1(C)CCCO1. The average molecular weight is 228 g/mol.